The summed E-state index contributed by atoms with van der Waals surface area (Å²) in [7, 11) is 0. The van der Waals surface area contributed by atoms with Crippen LogP contribution in [0, 0.1) is 5.82 Å². The third-order valence-corrected chi connectivity index (χ3v) is 3.22. The van der Waals surface area contributed by atoms with Crippen LogP contribution in [0.4, 0.5) is 4.39 Å². The molecule has 15 heavy (non-hydrogen) atoms. The molecule has 1 aliphatic carbocycles. The smallest absolute Gasteiger partial charge is 0.147 e. The van der Waals surface area contributed by atoms with Gasteiger partial charge in [0.05, 0.1) is 5.52 Å². The van der Waals surface area contributed by atoms with Crippen molar-refractivity contribution in [2.24, 2.45) is 5.73 Å². The number of rotatable bonds is 0. The molecule has 0 saturated carbocycles. The molecule has 1 heterocycles. The summed E-state index contributed by atoms with van der Waals surface area (Å²) in [6, 6.07) is 5.23. The highest BCUT2D eigenvalue weighted by Gasteiger charge is 2.22. The van der Waals surface area contributed by atoms with Crippen molar-refractivity contribution in [3.8, 4) is 0 Å². The van der Waals surface area contributed by atoms with Gasteiger partial charge in [-0.15, -0.1) is 0 Å². The van der Waals surface area contributed by atoms with E-state index in [4.69, 9.17) is 5.73 Å². The van der Waals surface area contributed by atoms with Crippen molar-refractivity contribution in [2.75, 3.05) is 0 Å². The van der Waals surface area contributed by atoms with E-state index in [0.717, 1.165) is 35.9 Å². The topological polar surface area (TPSA) is 41.8 Å². The highest BCUT2D eigenvalue weighted by molar-refractivity contribution is 5.85. The molecule has 1 aromatic heterocycles. The Hall–Kier alpha value is -1.35. The van der Waals surface area contributed by atoms with Crippen LogP contribution in [0.15, 0.2) is 18.2 Å². The van der Waals surface area contributed by atoms with Crippen LogP contribution < -0.4 is 5.73 Å². The lowest BCUT2D eigenvalue weighted by atomic mass is 9.91. The quantitative estimate of drug-likeness (QED) is 0.680. The maximum absolute atomic E-state index is 13.5. The summed E-state index contributed by atoms with van der Waals surface area (Å²) in [5, 5.41) is 0.956. The fraction of sp³-hybridized carbons (Fsp3) is 0.333. The van der Waals surface area contributed by atoms with Crippen LogP contribution in [0.3, 0.4) is 0 Å². The number of nitrogens with two attached hydrogens (primary N) is 1. The Morgan fingerprint density at radius 2 is 2.27 bits per heavy atom. The van der Waals surface area contributed by atoms with E-state index < -0.39 is 0 Å². The van der Waals surface area contributed by atoms with Gasteiger partial charge < -0.3 is 10.7 Å². The van der Waals surface area contributed by atoms with Crippen LogP contribution in [0.5, 0.6) is 0 Å². The first-order valence-corrected chi connectivity index (χ1v) is 5.32. The molecule has 2 aromatic rings. The van der Waals surface area contributed by atoms with Gasteiger partial charge in [-0.05, 0) is 30.9 Å². The zero-order valence-electron chi connectivity index (χ0n) is 8.39. The SMILES string of the molecule is NC1CCCc2[nH]c3c(F)cccc3c21. The second kappa shape index (κ2) is 3.07. The number of aryl methyl sites for hydroxylation is 1. The van der Waals surface area contributed by atoms with Gasteiger partial charge in [0.2, 0.25) is 0 Å². The summed E-state index contributed by atoms with van der Waals surface area (Å²) in [4.78, 5) is 3.16. The Labute approximate surface area is 87.3 Å². The lowest BCUT2D eigenvalue weighted by molar-refractivity contribution is 0.569. The van der Waals surface area contributed by atoms with Crippen LogP contribution in [0.25, 0.3) is 10.9 Å². The molecule has 1 unspecified atom stereocenters. The fourth-order valence-corrected chi connectivity index (χ4v) is 2.52. The second-order valence-corrected chi connectivity index (χ2v) is 4.18. The van der Waals surface area contributed by atoms with Crippen LogP contribution in [0.1, 0.15) is 30.1 Å². The predicted octanol–water partition coefficient (Wildman–Crippen LogP) is 2.64. The normalized spacial score (nSPS) is 20.5. The first kappa shape index (κ1) is 8.92. The minimum atomic E-state index is -0.186. The minimum absolute atomic E-state index is 0.0595. The van der Waals surface area contributed by atoms with Crippen LogP contribution in [0.2, 0.25) is 0 Å². The minimum Gasteiger partial charge on any atom is -0.356 e. The molecule has 1 aromatic carbocycles. The summed E-state index contributed by atoms with van der Waals surface area (Å²) in [5.41, 5.74) is 8.92. The van der Waals surface area contributed by atoms with E-state index in [-0.39, 0.29) is 11.9 Å². The Morgan fingerprint density at radius 3 is 3.13 bits per heavy atom. The number of fused-ring (bicyclic) bond motifs is 3. The first-order valence-electron chi connectivity index (χ1n) is 5.32. The van der Waals surface area contributed by atoms with E-state index in [9.17, 15) is 4.39 Å². The highest BCUT2D eigenvalue weighted by atomic mass is 19.1. The number of nitrogens with one attached hydrogen (secondary N) is 1. The number of H-pyrrole nitrogens is 1. The van der Waals surface area contributed by atoms with E-state index in [1.54, 1.807) is 6.07 Å². The fourth-order valence-electron chi connectivity index (χ4n) is 2.52. The second-order valence-electron chi connectivity index (χ2n) is 4.18. The molecule has 0 bridgehead atoms. The maximum Gasteiger partial charge on any atom is 0.147 e. The molecule has 3 heteroatoms. The molecule has 0 radical (unpaired) electrons. The van der Waals surface area contributed by atoms with Crippen molar-refractivity contribution in [3.63, 3.8) is 0 Å². The Morgan fingerprint density at radius 1 is 1.40 bits per heavy atom. The molecular formula is C12H13FN2. The van der Waals surface area contributed by atoms with Crippen LogP contribution in [-0.2, 0) is 6.42 Å². The average molecular weight is 204 g/mol. The van der Waals surface area contributed by atoms with E-state index >= 15 is 0 Å². The number of aromatic nitrogens is 1. The van der Waals surface area contributed by atoms with Crippen molar-refractivity contribution in [3.05, 3.63) is 35.3 Å². The molecule has 1 atom stereocenters. The predicted molar refractivity (Wildman–Crippen MR) is 58.1 cm³/mol. The number of para-hydroxylation sites is 1. The third kappa shape index (κ3) is 1.20. The lowest BCUT2D eigenvalue weighted by Gasteiger charge is -2.18. The molecule has 0 spiro atoms. The van der Waals surface area contributed by atoms with Gasteiger partial charge in [-0.25, -0.2) is 4.39 Å². The number of halogens is 1. The molecule has 3 rings (SSSR count). The molecule has 3 N–H and O–H groups in total. The third-order valence-electron chi connectivity index (χ3n) is 3.22. The van der Waals surface area contributed by atoms with Gasteiger partial charge in [0.25, 0.3) is 0 Å². The molecule has 0 amide bonds. The largest absolute Gasteiger partial charge is 0.356 e. The number of hydrogen-bond donors (Lipinski definition) is 2. The molecular weight excluding hydrogens is 191 g/mol. The monoisotopic (exact) mass is 204 g/mol. The summed E-state index contributed by atoms with van der Waals surface area (Å²) in [6.45, 7) is 0. The van der Waals surface area contributed by atoms with Gasteiger partial charge in [-0.2, -0.15) is 0 Å². The van der Waals surface area contributed by atoms with Crippen LogP contribution >= 0.6 is 0 Å². The van der Waals surface area contributed by atoms with E-state index in [0.29, 0.717) is 5.52 Å². The number of hydrogen-bond acceptors (Lipinski definition) is 1. The highest BCUT2D eigenvalue weighted by Crippen LogP contribution is 2.34. The zero-order valence-corrected chi connectivity index (χ0v) is 8.39. The lowest BCUT2D eigenvalue weighted by Crippen LogP contribution is -2.16. The molecule has 2 nitrogen and oxygen atoms in total. The standard InChI is InChI=1S/C12H13FN2/c13-8-4-1-3-7-11-9(14)5-2-6-10(11)15-12(7)8/h1,3-4,9,15H,2,5-6,14H2. The van der Waals surface area contributed by atoms with E-state index in [1.165, 1.54) is 6.07 Å². The first-order chi connectivity index (χ1) is 7.27. The summed E-state index contributed by atoms with van der Waals surface area (Å²) >= 11 is 0. The van der Waals surface area contributed by atoms with Crippen molar-refractivity contribution >= 4 is 10.9 Å². The van der Waals surface area contributed by atoms with Crippen molar-refractivity contribution in [2.45, 2.75) is 25.3 Å². The molecule has 0 aliphatic heterocycles. The Bertz CT molecular complexity index is 516. The summed E-state index contributed by atoms with van der Waals surface area (Å²) in [6.07, 6.45) is 3.07. The van der Waals surface area contributed by atoms with Gasteiger partial charge in [0.15, 0.2) is 0 Å². The molecule has 78 valence electrons. The van der Waals surface area contributed by atoms with Gasteiger partial charge in [-0.3, -0.25) is 0 Å². The van der Waals surface area contributed by atoms with Crippen LogP contribution in [-0.4, -0.2) is 4.98 Å². The number of aromatic amines is 1. The van der Waals surface area contributed by atoms with Gasteiger partial charge in [-0.1, -0.05) is 12.1 Å². The van der Waals surface area contributed by atoms with E-state index in [2.05, 4.69) is 4.98 Å². The molecule has 1 aliphatic rings. The van der Waals surface area contributed by atoms with E-state index in [1.807, 2.05) is 6.07 Å². The summed E-state index contributed by atoms with van der Waals surface area (Å²) in [5.74, 6) is -0.186. The Balaban J connectivity index is 2.36. The molecule has 0 saturated heterocycles. The van der Waals surface area contributed by atoms with Gasteiger partial charge >= 0.3 is 0 Å². The molecule has 0 fully saturated rings. The van der Waals surface area contributed by atoms with Gasteiger partial charge in [0, 0.05) is 17.1 Å². The van der Waals surface area contributed by atoms with Crippen molar-refractivity contribution in [1.82, 2.24) is 4.98 Å². The maximum atomic E-state index is 13.5. The van der Waals surface area contributed by atoms with Crippen molar-refractivity contribution in [1.29, 1.82) is 0 Å². The average Bonchev–Trinajstić information content (AvgIpc) is 2.59. The number of benzene rings is 1. The summed E-state index contributed by atoms with van der Waals surface area (Å²) < 4.78 is 13.5. The van der Waals surface area contributed by atoms with Crippen molar-refractivity contribution < 1.29 is 4.39 Å². The van der Waals surface area contributed by atoms with Gasteiger partial charge in [0.1, 0.15) is 5.82 Å². The Kier molecular flexibility index (Phi) is 1.83. The zero-order chi connectivity index (χ0) is 10.4.